The largest absolute Gasteiger partial charge is 0.300 e. The van der Waals surface area contributed by atoms with E-state index in [1.165, 1.54) is 16.7 Å². The molecular formula is C20H17NO. The maximum absolute atomic E-state index is 12.8. The Morgan fingerprint density at radius 2 is 1.77 bits per heavy atom. The van der Waals surface area contributed by atoms with Crippen molar-refractivity contribution in [2.75, 3.05) is 4.90 Å². The first-order chi connectivity index (χ1) is 10.8. The van der Waals surface area contributed by atoms with E-state index in [9.17, 15) is 4.79 Å². The van der Waals surface area contributed by atoms with Crippen molar-refractivity contribution in [2.24, 2.45) is 5.92 Å². The predicted octanol–water partition coefficient (Wildman–Crippen LogP) is 3.99. The van der Waals surface area contributed by atoms with E-state index in [1.54, 1.807) is 0 Å². The number of para-hydroxylation sites is 1. The van der Waals surface area contributed by atoms with Gasteiger partial charge in [0, 0.05) is 23.9 Å². The van der Waals surface area contributed by atoms with Gasteiger partial charge in [-0.3, -0.25) is 4.79 Å². The fourth-order valence-electron chi connectivity index (χ4n) is 5.06. The highest BCUT2D eigenvalue weighted by atomic mass is 16.2. The van der Waals surface area contributed by atoms with Gasteiger partial charge in [-0.15, -0.1) is 0 Å². The van der Waals surface area contributed by atoms with Gasteiger partial charge in [0.15, 0.2) is 0 Å². The molecular weight excluding hydrogens is 270 g/mol. The number of rotatable bonds is 1. The Hall–Kier alpha value is -2.35. The maximum Gasteiger partial charge on any atom is 0.227 e. The fourth-order valence-corrected chi connectivity index (χ4v) is 5.06. The smallest absolute Gasteiger partial charge is 0.227 e. The van der Waals surface area contributed by atoms with Crippen LogP contribution in [0, 0.1) is 5.92 Å². The van der Waals surface area contributed by atoms with E-state index in [2.05, 4.69) is 53.9 Å². The number of hydrogen-bond acceptors (Lipinski definition) is 1. The van der Waals surface area contributed by atoms with Gasteiger partial charge in [0.25, 0.3) is 0 Å². The highest BCUT2D eigenvalue weighted by Crippen LogP contribution is 2.71. The first-order valence-corrected chi connectivity index (χ1v) is 7.92. The topological polar surface area (TPSA) is 20.3 Å². The molecule has 0 spiro atoms. The molecule has 0 radical (unpaired) electrons. The van der Waals surface area contributed by atoms with Gasteiger partial charge in [0.1, 0.15) is 0 Å². The summed E-state index contributed by atoms with van der Waals surface area (Å²) < 4.78 is 0. The molecule has 2 nitrogen and oxygen atoms in total. The number of carbonyl (C=O) groups excluding carboxylic acids is 1. The van der Waals surface area contributed by atoms with Crippen LogP contribution in [0.3, 0.4) is 0 Å². The quantitative estimate of drug-likeness (QED) is 0.726. The van der Waals surface area contributed by atoms with E-state index < -0.39 is 0 Å². The Morgan fingerprint density at radius 1 is 1.05 bits per heavy atom. The molecule has 2 heterocycles. The second-order valence-corrected chi connectivity index (χ2v) is 6.58. The van der Waals surface area contributed by atoms with Gasteiger partial charge in [-0.2, -0.15) is 0 Å². The molecule has 5 rings (SSSR count). The standard InChI is InChI=1S/C20H17NO/c1-13-16-11-12-18(22)21-17-10-6-5-9-15(17)19(13)20(16,21)14-7-3-2-4-8-14/h2-10,16,19H,1,11-12H2/t16-,19-,20-/m0/s1. The molecule has 0 aromatic heterocycles. The minimum atomic E-state index is -0.225. The van der Waals surface area contributed by atoms with Crippen LogP contribution < -0.4 is 4.90 Å². The summed E-state index contributed by atoms with van der Waals surface area (Å²) in [5.41, 5.74) is 4.68. The second-order valence-electron chi connectivity index (χ2n) is 6.58. The van der Waals surface area contributed by atoms with Crippen LogP contribution in [0.2, 0.25) is 0 Å². The van der Waals surface area contributed by atoms with Crippen LogP contribution >= 0.6 is 0 Å². The summed E-state index contributed by atoms with van der Waals surface area (Å²) >= 11 is 0. The van der Waals surface area contributed by atoms with Crippen molar-refractivity contribution >= 4 is 11.6 Å². The van der Waals surface area contributed by atoms with Crippen LogP contribution in [0.25, 0.3) is 0 Å². The zero-order valence-corrected chi connectivity index (χ0v) is 12.3. The third-order valence-corrected chi connectivity index (χ3v) is 5.78. The lowest BCUT2D eigenvalue weighted by molar-refractivity contribution is -0.124. The number of hydrogen-bond donors (Lipinski definition) is 0. The summed E-state index contributed by atoms with van der Waals surface area (Å²) in [6.45, 7) is 4.38. The van der Waals surface area contributed by atoms with Crippen molar-refractivity contribution in [1.82, 2.24) is 0 Å². The highest BCUT2D eigenvalue weighted by Gasteiger charge is 2.69. The molecule has 2 aromatic carbocycles. The molecule has 1 saturated heterocycles. The summed E-state index contributed by atoms with van der Waals surface area (Å²) in [5, 5.41) is 0. The van der Waals surface area contributed by atoms with Crippen LogP contribution in [-0.4, -0.2) is 5.91 Å². The Kier molecular flexibility index (Phi) is 2.16. The average Bonchev–Trinajstić information content (AvgIpc) is 2.86. The van der Waals surface area contributed by atoms with Crippen molar-refractivity contribution < 1.29 is 4.79 Å². The Bertz CT molecular complexity index is 807. The molecule has 0 bridgehead atoms. The molecule has 0 unspecified atom stereocenters. The molecule has 1 amide bonds. The molecule has 1 aliphatic carbocycles. The molecule has 22 heavy (non-hydrogen) atoms. The maximum atomic E-state index is 12.8. The predicted molar refractivity (Wildman–Crippen MR) is 86.7 cm³/mol. The lowest BCUT2D eigenvalue weighted by Crippen LogP contribution is -2.64. The van der Waals surface area contributed by atoms with E-state index in [-0.39, 0.29) is 17.4 Å². The minimum Gasteiger partial charge on any atom is -0.300 e. The van der Waals surface area contributed by atoms with Crippen molar-refractivity contribution in [3.05, 3.63) is 77.9 Å². The summed E-state index contributed by atoms with van der Waals surface area (Å²) in [4.78, 5) is 14.9. The first-order valence-electron chi connectivity index (χ1n) is 7.92. The molecule has 2 aliphatic heterocycles. The second kappa shape index (κ2) is 3.89. The van der Waals surface area contributed by atoms with Gasteiger partial charge < -0.3 is 4.90 Å². The number of amides is 1. The summed E-state index contributed by atoms with van der Waals surface area (Å²) in [7, 11) is 0. The van der Waals surface area contributed by atoms with Crippen molar-refractivity contribution in [3.8, 4) is 0 Å². The van der Waals surface area contributed by atoms with E-state index >= 15 is 0 Å². The monoisotopic (exact) mass is 287 g/mol. The van der Waals surface area contributed by atoms with E-state index in [4.69, 9.17) is 0 Å². The van der Waals surface area contributed by atoms with Gasteiger partial charge in [-0.25, -0.2) is 0 Å². The first kappa shape index (κ1) is 12.2. The zero-order chi connectivity index (χ0) is 14.9. The Morgan fingerprint density at radius 3 is 2.59 bits per heavy atom. The number of fused-ring (bicyclic) bond motifs is 3. The van der Waals surface area contributed by atoms with E-state index in [0.29, 0.717) is 12.3 Å². The van der Waals surface area contributed by atoms with Crippen LogP contribution in [0.4, 0.5) is 5.69 Å². The summed E-state index contributed by atoms with van der Waals surface area (Å²) in [5.74, 6) is 0.882. The number of benzene rings is 2. The molecule has 2 heteroatoms. The van der Waals surface area contributed by atoms with Gasteiger partial charge in [-0.1, -0.05) is 60.7 Å². The molecule has 108 valence electrons. The van der Waals surface area contributed by atoms with Crippen molar-refractivity contribution in [1.29, 1.82) is 0 Å². The molecule has 3 aliphatic rings. The number of nitrogens with zero attached hydrogens (tertiary/aromatic N) is 1. The normalized spacial score (nSPS) is 31.5. The highest BCUT2D eigenvalue weighted by molar-refractivity contribution is 6.01. The van der Waals surface area contributed by atoms with Gasteiger partial charge in [0.2, 0.25) is 5.91 Å². The van der Waals surface area contributed by atoms with Gasteiger partial charge in [-0.05, 0) is 23.6 Å². The lowest BCUT2D eigenvalue weighted by Gasteiger charge is -2.60. The van der Waals surface area contributed by atoms with Crippen LogP contribution in [0.1, 0.15) is 29.9 Å². The Balaban J connectivity index is 1.84. The number of anilines is 1. The Labute approximate surface area is 130 Å². The molecule has 2 aromatic rings. The average molecular weight is 287 g/mol. The van der Waals surface area contributed by atoms with Crippen molar-refractivity contribution in [3.63, 3.8) is 0 Å². The van der Waals surface area contributed by atoms with Crippen LogP contribution in [0.15, 0.2) is 66.7 Å². The zero-order valence-electron chi connectivity index (χ0n) is 12.3. The molecule has 2 fully saturated rings. The SMILES string of the molecule is C=C1[C@@H]2CCC(=O)N3c4ccccc4[C@H]1[C@]23c1ccccc1. The van der Waals surface area contributed by atoms with E-state index in [1.807, 2.05) is 12.1 Å². The molecule has 0 N–H and O–H groups in total. The van der Waals surface area contributed by atoms with Crippen LogP contribution in [-0.2, 0) is 10.3 Å². The van der Waals surface area contributed by atoms with Gasteiger partial charge in [0.05, 0.1) is 5.54 Å². The van der Waals surface area contributed by atoms with Crippen LogP contribution in [0.5, 0.6) is 0 Å². The fraction of sp³-hybridized carbons (Fsp3) is 0.250. The number of piperidine rings is 1. The lowest BCUT2D eigenvalue weighted by atomic mass is 9.50. The summed E-state index contributed by atoms with van der Waals surface area (Å²) in [6, 6.07) is 18.9. The third-order valence-electron chi connectivity index (χ3n) is 5.78. The molecule has 3 atom stereocenters. The van der Waals surface area contributed by atoms with Gasteiger partial charge >= 0.3 is 0 Å². The van der Waals surface area contributed by atoms with E-state index in [0.717, 1.165) is 12.1 Å². The minimum absolute atomic E-state index is 0.225. The summed E-state index contributed by atoms with van der Waals surface area (Å²) in [6.07, 6.45) is 1.55. The molecule has 1 saturated carbocycles. The van der Waals surface area contributed by atoms with Crippen molar-refractivity contribution in [2.45, 2.75) is 24.3 Å². The number of carbonyl (C=O) groups is 1. The third kappa shape index (κ3) is 1.14.